The van der Waals surface area contributed by atoms with Crippen LogP contribution in [0.5, 0.6) is 0 Å². The number of aryl methyl sites for hydroxylation is 2. The Kier molecular flexibility index (Phi) is 5.52. The number of nitrogens with zero attached hydrogens (tertiary/aromatic N) is 2. The van der Waals surface area contributed by atoms with Crippen LogP contribution in [0.15, 0.2) is 53.1 Å². The Morgan fingerprint density at radius 3 is 2.48 bits per heavy atom. The molecule has 7 heteroatoms. The molecule has 1 amide bonds. The van der Waals surface area contributed by atoms with Crippen LogP contribution in [0.1, 0.15) is 30.5 Å². The third kappa shape index (κ3) is 3.80. The molecule has 1 aromatic carbocycles. The van der Waals surface area contributed by atoms with E-state index in [1.807, 2.05) is 26.1 Å². The fourth-order valence-corrected chi connectivity index (χ4v) is 4.32. The molecule has 2 N–H and O–H groups in total. The van der Waals surface area contributed by atoms with Gasteiger partial charge in [-0.15, -0.1) is 0 Å². The first kappa shape index (κ1) is 21.0. The molecular weight excluding hydrogens is 392 g/mol. The number of benzene rings is 1. The molecule has 3 heterocycles. The molecule has 0 spiro atoms. The number of carbonyl (C=O) groups excluding carboxylic acids is 2. The minimum atomic E-state index is -0.258. The first-order valence-electron chi connectivity index (χ1n) is 10.6. The van der Waals surface area contributed by atoms with Gasteiger partial charge in [-0.3, -0.25) is 9.59 Å². The molecule has 7 nitrogen and oxygen atoms in total. The van der Waals surface area contributed by atoms with Crippen LogP contribution in [0.3, 0.4) is 0 Å². The van der Waals surface area contributed by atoms with Crippen LogP contribution >= 0.6 is 0 Å². The number of hydrogen-bond donors (Lipinski definition) is 2. The van der Waals surface area contributed by atoms with Gasteiger partial charge in [-0.25, -0.2) is 0 Å². The molecule has 31 heavy (non-hydrogen) atoms. The van der Waals surface area contributed by atoms with Gasteiger partial charge in [0.2, 0.25) is 0 Å². The normalized spacial score (nSPS) is 20.5. The molecule has 3 aliphatic rings. The quantitative estimate of drug-likeness (QED) is 0.710. The lowest BCUT2D eigenvalue weighted by Gasteiger charge is -2.39. The molecule has 4 rings (SSSR count). The number of methoxy groups -OCH3 is 1. The van der Waals surface area contributed by atoms with Gasteiger partial charge in [-0.2, -0.15) is 0 Å². The summed E-state index contributed by atoms with van der Waals surface area (Å²) in [6, 6.07) is 6.30. The molecule has 0 radical (unpaired) electrons. The van der Waals surface area contributed by atoms with E-state index in [4.69, 9.17) is 4.74 Å². The summed E-state index contributed by atoms with van der Waals surface area (Å²) >= 11 is 0. The maximum absolute atomic E-state index is 13.1. The highest BCUT2D eigenvalue weighted by atomic mass is 16.5. The highest BCUT2D eigenvalue weighted by Gasteiger charge is 2.39. The number of likely N-dealkylation sites (tertiary alicyclic amines) is 1. The standard InChI is InChI=1S/C24H30N4O3/c1-14-7-6-8-15(2)20(14)10-25-21-9-18(13-28-17(4)16(3)26-22(21)28)23(29)27-11-19(12-27)24(30)31-5/h6-9,13,19,22,25-26H,10-12H2,1-5H3. The lowest BCUT2D eigenvalue weighted by Crippen LogP contribution is -2.54. The number of carbonyl (C=O) groups is 2. The summed E-state index contributed by atoms with van der Waals surface area (Å²) in [7, 11) is 1.38. The van der Waals surface area contributed by atoms with Crippen molar-refractivity contribution in [1.29, 1.82) is 0 Å². The van der Waals surface area contributed by atoms with Crippen LogP contribution < -0.4 is 10.6 Å². The summed E-state index contributed by atoms with van der Waals surface area (Å²) in [5.41, 5.74) is 7.49. The summed E-state index contributed by atoms with van der Waals surface area (Å²) in [5.74, 6) is -0.553. The average molecular weight is 423 g/mol. The Morgan fingerprint density at radius 1 is 1.16 bits per heavy atom. The maximum Gasteiger partial charge on any atom is 0.312 e. The third-order valence-electron chi connectivity index (χ3n) is 6.51. The number of nitrogens with one attached hydrogen (secondary N) is 2. The van der Waals surface area contributed by atoms with E-state index in [0.717, 1.165) is 17.1 Å². The minimum absolute atomic E-state index is 0.0555. The second kappa shape index (κ2) is 8.13. The van der Waals surface area contributed by atoms with Crippen molar-refractivity contribution in [2.75, 3.05) is 20.2 Å². The zero-order valence-electron chi connectivity index (χ0n) is 18.8. The van der Waals surface area contributed by atoms with Crippen LogP contribution in [0.2, 0.25) is 0 Å². The SMILES string of the molecule is COC(=O)C1CN(C(=O)C2=CN3C(C)=C(C)NC3C(NCc3c(C)cccc3C)=C2)C1. The van der Waals surface area contributed by atoms with Crippen molar-refractivity contribution < 1.29 is 14.3 Å². The number of ether oxygens (including phenoxy) is 1. The summed E-state index contributed by atoms with van der Waals surface area (Å²) in [6.07, 6.45) is 3.78. The van der Waals surface area contributed by atoms with E-state index >= 15 is 0 Å². The molecule has 1 aromatic rings. The van der Waals surface area contributed by atoms with Crippen LogP contribution in [0.4, 0.5) is 0 Å². The van der Waals surface area contributed by atoms with Gasteiger partial charge in [0.05, 0.1) is 24.3 Å². The number of hydrogen-bond acceptors (Lipinski definition) is 6. The smallest absolute Gasteiger partial charge is 0.312 e. The van der Waals surface area contributed by atoms with Crippen LogP contribution in [0.25, 0.3) is 0 Å². The zero-order chi connectivity index (χ0) is 22.3. The topological polar surface area (TPSA) is 73.9 Å². The van der Waals surface area contributed by atoms with E-state index in [0.29, 0.717) is 25.2 Å². The van der Waals surface area contributed by atoms with E-state index < -0.39 is 0 Å². The largest absolute Gasteiger partial charge is 0.469 e. The Bertz CT molecular complexity index is 997. The Morgan fingerprint density at radius 2 is 1.84 bits per heavy atom. The predicted molar refractivity (Wildman–Crippen MR) is 118 cm³/mol. The number of esters is 1. The zero-order valence-corrected chi connectivity index (χ0v) is 18.8. The molecule has 0 aliphatic carbocycles. The molecule has 0 bridgehead atoms. The van der Waals surface area contributed by atoms with Gasteiger partial charge in [0, 0.05) is 37.2 Å². The van der Waals surface area contributed by atoms with Crippen molar-refractivity contribution in [2.24, 2.45) is 5.92 Å². The summed E-state index contributed by atoms with van der Waals surface area (Å²) in [5, 5.41) is 7.08. The van der Waals surface area contributed by atoms with Gasteiger partial charge < -0.3 is 25.2 Å². The van der Waals surface area contributed by atoms with E-state index in [1.165, 1.54) is 23.8 Å². The monoisotopic (exact) mass is 422 g/mol. The lowest BCUT2D eigenvalue weighted by molar-refractivity contribution is -0.154. The van der Waals surface area contributed by atoms with Crippen molar-refractivity contribution in [3.63, 3.8) is 0 Å². The van der Waals surface area contributed by atoms with Crippen molar-refractivity contribution in [2.45, 2.75) is 40.4 Å². The van der Waals surface area contributed by atoms with Crippen molar-refractivity contribution in [3.8, 4) is 0 Å². The molecule has 164 valence electrons. The van der Waals surface area contributed by atoms with Gasteiger partial charge >= 0.3 is 5.97 Å². The van der Waals surface area contributed by atoms with Crippen LogP contribution in [0, 0.1) is 19.8 Å². The fraction of sp³-hybridized carbons (Fsp3) is 0.417. The summed E-state index contributed by atoms with van der Waals surface area (Å²) in [6.45, 7) is 9.81. The molecule has 1 saturated heterocycles. The third-order valence-corrected chi connectivity index (χ3v) is 6.51. The van der Waals surface area contributed by atoms with Gasteiger partial charge in [0.15, 0.2) is 0 Å². The van der Waals surface area contributed by atoms with Crippen molar-refractivity contribution in [3.05, 3.63) is 69.8 Å². The highest BCUT2D eigenvalue weighted by molar-refractivity contribution is 5.98. The fourth-order valence-electron chi connectivity index (χ4n) is 4.32. The second-order valence-electron chi connectivity index (χ2n) is 8.50. The van der Waals surface area contributed by atoms with Crippen LogP contribution in [-0.2, 0) is 20.9 Å². The van der Waals surface area contributed by atoms with E-state index in [2.05, 4.69) is 47.6 Å². The van der Waals surface area contributed by atoms with Crippen LogP contribution in [-0.4, -0.2) is 48.0 Å². The predicted octanol–water partition coefficient (Wildman–Crippen LogP) is 2.29. The Labute approximate surface area is 183 Å². The first-order valence-corrected chi connectivity index (χ1v) is 10.6. The molecule has 3 aliphatic heterocycles. The molecule has 1 unspecified atom stereocenters. The van der Waals surface area contributed by atoms with E-state index in [-0.39, 0.29) is 24.0 Å². The van der Waals surface area contributed by atoms with E-state index in [9.17, 15) is 9.59 Å². The molecule has 1 atom stereocenters. The maximum atomic E-state index is 13.1. The summed E-state index contributed by atoms with van der Waals surface area (Å²) < 4.78 is 4.78. The molecular formula is C24H30N4O3. The average Bonchev–Trinajstić information content (AvgIpc) is 3.00. The second-order valence-corrected chi connectivity index (χ2v) is 8.50. The Hall–Kier alpha value is -3.22. The number of rotatable bonds is 5. The van der Waals surface area contributed by atoms with Gasteiger partial charge in [-0.05, 0) is 50.5 Å². The lowest BCUT2D eigenvalue weighted by atomic mass is 9.98. The first-order chi connectivity index (χ1) is 14.8. The number of amides is 1. The summed E-state index contributed by atoms with van der Waals surface area (Å²) in [4.78, 5) is 28.6. The van der Waals surface area contributed by atoms with Crippen molar-refractivity contribution in [1.82, 2.24) is 20.4 Å². The van der Waals surface area contributed by atoms with Gasteiger partial charge in [-0.1, -0.05) is 18.2 Å². The van der Waals surface area contributed by atoms with Crippen molar-refractivity contribution >= 4 is 11.9 Å². The number of allylic oxidation sites excluding steroid dienone is 2. The molecule has 1 fully saturated rings. The molecule has 0 aromatic heterocycles. The minimum Gasteiger partial charge on any atom is -0.469 e. The molecule has 0 saturated carbocycles. The Balaban J connectivity index is 1.55. The highest BCUT2D eigenvalue weighted by Crippen LogP contribution is 2.31. The van der Waals surface area contributed by atoms with E-state index in [1.54, 1.807) is 4.90 Å². The number of fused-ring (bicyclic) bond motifs is 1. The van der Waals surface area contributed by atoms with Gasteiger partial charge in [0.1, 0.15) is 6.17 Å². The van der Waals surface area contributed by atoms with Gasteiger partial charge in [0.25, 0.3) is 5.91 Å².